The number of hydrogen-bond acceptors (Lipinski definition) is 5. The van der Waals surface area contributed by atoms with E-state index in [2.05, 4.69) is 15.6 Å². The Kier molecular flexibility index (Phi) is 6.89. The molecule has 0 radical (unpaired) electrons. The minimum Gasteiger partial charge on any atom is -0.326 e. The number of aromatic nitrogens is 1. The van der Waals surface area contributed by atoms with Crippen LogP contribution in [0.25, 0.3) is 0 Å². The van der Waals surface area contributed by atoms with Gasteiger partial charge in [-0.25, -0.2) is 18.2 Å². The van der Waals surface area contributed by atoms with Crippen LogP contribution >= 0.6 is 23.1 Å². The number of anilines is 2. The lowest BCUT2D eigenvalue weighted by Crippen LogP contribution is -2.15. The highest BCUT2D eigenvalue weighted by atomic mass is 32.2. The van der Waals surface area contributed by atoms with Crippen LogP contribution in [-0.2, 0) is 16.0 Å². The molecule has 0 atom stereocenters. The molecule has 2 amide bonds. The van der Waals surface area contributed by atoms with Gasteiger partial charge in [-0.1, -0.05) is 11.8 Å². The van der Waals surface area contributed by atoms with Gasteiger partial charge in [0.2, 0.25) is 11.8 Å². The van der Waals surface area contributed by atoms with Gasteiger partial charge >= 0.3 is 0 Å². The van der Waals surface area contributed by atoms with Crippen molar-refractivity contribution in [2.24, 2.45) is 0 Å². The van der Waals surface area contributed by atoms with E-state index < -0.39 is 17.5 Å². The highest BCUT2D eigenvalue weighted by Crippen LogP contribution is 2.23. The number of halogens is 3. The van der Waals surface area contributed by atoms with Gasteiger partial charge < -0.3 is 10.6 Å². The van der Waals surface area contributed by atoms with E-state index >= 15 is 0 Å². The van der Waals surface area contributed by atoms with Gasteiger partial charge in [-0.2, -0.15) is 0 Å². The smallest absolute Gasteiger partial charge is 0.234 e. The Bertz CT molecular complexity index is 1030. The second-order valence-electron chi connectivity index (χ2n) is 5.80. The Hall–Kier alpha value is -2.85. The topological polar surface area (TPSA) is 71.1 Å². The van der Waals surface area contributed by atoms with Gasteiger partial charge in [-0.3, -0.25) is 9.59 Å². The molecular weight excluding hydrogens is 423 g/mol. The van der Waals surface area contributed by atoms with Crippen molar-refractivity contribution in [2.75, 3.05) is 16.4 Å². The Morgan fingerprint density at radius 2 is 1.62 bits per heavy atom. The van der Waals surface area contributed by atoms with Gasteiger partial charge in [0.05, 0.1) is 17.9 Å². The van der Waals surface area contributed by atoms with Crippen molar-refractivity contribution in [3.05, 3.63) is 71.0 Å². The van der Waals surface area contributed by atoms with E-state index in [9.17, 15) is 22.8 Å². The molecule has 0 fully saturated rings. The molecule has 0 spiro atoms. The molecule has 5 nitrogen and oxygen atoms in total. The zero-order valence-corrected chi connectivity index (χ0v) is 16.4. The molecule has 1 aromatic heterocycles. The first-order valence-electron chi connectivity index (χ1n) is 8.26. The van der Waals surface area contributed by atoms with Crippen molar-refractivity contribution >= 4 is 46.3 Å². The van der Waals surface area contributed by atoms with Gasteiger partial charge in [-0.05, 0) is 36.4 Å². The maximum absolute atomic E-state index is 13.2. The van der Waals surface area contributed by atoms with Gasteiger partial charge in [-0.15, -0.1) is 11.3 Å². The highest BCUT2D eigenvalue weighted by molar-refractivity contribution is 8.01. The minimum atomic E-state index is -1.05. The molecule has 3 aromatic rings. The average Bonchev–Trinajstić information content (AvgIpc) is 3.12. The largest absolute Gasteiger partial charge is 0.326 e. The number of carbonyl (C=O) groups is 2. The predicted molar refractivity (Wildman–Crippen MR) is 107 cm³/mol. The first kappa shape index (κ1) is 20.9. The number of thiazole rings is 1. The second-order valence-corrected chi connectivity index (χ2v) is 7.88. The van der Waals surface area contributed by atoms with Crippen LogP contribution in [0.1, 0.15) is 5.69 Å². The van der Waals surface area contributed by atoms with Crippen molar-refractivity contribution in [3.63, 3.8) is 0 Å². The zero-order chi connectivity index (χ0) is 20.8. The first-order valence-corrected chi connectivity index (χ1v) is 10.1. The molecule has 2 aromatic carbocycles. The van der Waals surface area contributed by atoms with Gasteiger partial charge in [0.15, 0.2) is 16.0 Å². The van der Waals surface area contributed by atoms with Crippen LogP contribution in [0.5, 0.6) is 0 Å². The van der Waals surface area contributed by atoms with E-state index in [1.54, 1.807) is 5.38 Å². The minimum absolute atomic E-state index is 0.0438. The maximum atomic E-state index is 13.2. The average molecular weight is 437 g/mol. The summed E-state index contributed by atoms with van der Waals surface area (Å²) in [6.07, 6.45) is -0.0438. The quantitative estimate of drug-likeness (QED) is 0.535. The fraction of sp³-hybridized carbons (Fsp3) is 0.105. The maximum Gasteiger partial charge on any atom is 0.234 e. The van der Waals surface area contributed by atoms with E-state index in [0.717, 1.165) is 12.1 Å². The number of rotatable bonds is 7. The van der Waals surface area contributed by atoms with E-state index in [0.29, 0.717) is 15.7 Å². The van der Waals surface area contributed by atoms with Crippen molar-refractivity contribution in [1.82, 2.24) is 4.98 Å². The monoisotopic (exact) mass is 437 g/mol. The number of hydrogen-bond donors (Lipinski definition) is 2. The molecule has 150 valence electrons. The number of carbonyl (C=O) groups excluding carboxylic acids is 2. The van der Waals surface area contributed by atoms with E-state index in [4.69, 9.17) is 0 Å². The third-order valence-electron chi connectivity index (χ3n) is 3.53. The Morgan fingerprint density at radius 3 is 2.34 bits per heavy atom. The van der Waals surface area contributed by atoms with Crippen molar-refractivity contribution in [1.29, 1.82) is 0 Å². The van der Waals surface area contributed by atoms with Crippen LogP contribution < -0.4 is 10.6 Å². The lowest BCUT2D eigenvalue weighted by molar-refractivity contribution is -0.116. The molecule has 1 heterocycles. The van der Waals surface area contributed by atoms with Crippen LogP contribution in [0, 0.1) is 17.5 Å². The standard InChI is InChI=1S/C19H14F3N3O2S2/c20-11-1-3-12(4-2-11)23-18(27)10-29-19-25-14(9-28-19)8-17(26)24-13-5-6-15(21)16(22)7-13/h1-7,9H,8,10H2,(H,23,27)(H,24,26). The number of nitrogens with zero attached hydrogens (tertiary/aromatic N) is 1. The first-order chi connectivity index (χ1) is 13.9. The zero-order valence-electron chi connectivity index (χ0n) is 14.7. The van der Waals surface area contributed by atoms with Crippen molar-refractivity contribution in [2.45, 2.75) is 10.8 Å². The Balaban J connectivity index is 1.47. The summed E-state index contributed by atoms with van der Waals surface area (Å²) < 4.78 is 39.6. The van der Waals surface area contributed by atoms with Crippen LogP contribution in [-0.4, -0.2) is 22.6 Å². The van der Waals surface area contributed by atoms with Crippen molar-refractivity contribution < 1.29 is 22.8 Å². The number of benzene rings is 2. The third kappa shape index (κ3) is 6.33. The summed E-state index contributed by atoms with van der Waals surface area (Å²) in [7, 11) is 0. The molecule has 0 bridgehead atoms. The van der Waals surface area contributed by atoms with Crippen LogP contribution in [0.2, 0.25) is 0 Å². The number of amides is 2. The Labute approximate surface area is 172 Å². The summed E-state index contributed by atoms with van der Waals surface area (Å²) in [5, 5.41) is 6.80. The van der Waals surface area contributed by atoms with Gasteiger partial charge in [0.25, 0.3) is 0 Å². The Morgan fingerprint density at radius 1 is 0.931 bits per heavy atom. The molecule has 0 unspecified atom stereocenters. The summed E-state index contributed by atoms with van der Waals surface area (Å²) in [6, 6.07) is 8.52. The van der Waals surface area contributed by atoms with E-state index in [-0.39, 0.29) is 29.6 Å². The lowest BCUT2D eigenvalue weighted by Gasteiger charge is -2.04. The summed E-state index contributed by atoms with van der Waals surface area (Å²) in [5.41, 5.74) is 1.14. The second kappa shape index (κ2) is 9.57. The fourth-order valence-electron chi connectivity index (χ4n) is 2.24. The highest BCUT2D eigenvalue weighted by Gasteiger charge is 2.11. The van der Waals surface area contributed by atoms with E-state index in [1.807, 2.05) is 0 Å². The molecule has 0 aliphatic carbocycles. The SMILES string of the molecule is O=C(CSc1nc(CC(=O)Nc2ccc(F)c(F)c2)cs1)Nc1ccc(F)cc1. The molecule has 0 saturated heterocycles. The molecule has 2 N–H and O–H groups in total. The molecule has 10 heteroatoms. The molecule has 0 aliphatic rings. The van der Waals surface area contributed by atoms with Crippen LogP contribution in [0.4, 0.5) is 24.5 Å². The molecular formula is C19H14F3N3O2S2. The number of nitrogens with one attached hydrogen (secondary N) is 2. The van der Waals surface area contributed by atoms with Crippen LogP contribution in [0.15, 0.2) is 52.2 Å². The lowest BCUT2D eigenvalue weighted by atomic mass is 10.2. The third-order valence-corrected chi connectivity index (χ3v) is 5.60. The van der Waals surface area contributed by atoms with E-state index in [1.165, 1.54) is 53.4 Å². The fourth-order valence-corrected chi connectivity index (χ4v) is 3.88. The van der Waals surface area contributed by atoms with Gasteiger partial charge in [0.1, 0.15) is 5.82 Å². The molecule has 0 saturated carbocycles. The molecule has 0 aliphatic heterocycles. The molecule has 29 heavy (non-hydrogen) atoms. The summed E-state index contributed by atoms with van der Waals surface area (Å²) in [4.78, 5) is 28.2. The van der Waals surface area contributed by atoms with Crippen LogP contribution in [0.3, 0.4) is 0 Å². The summed E-state index contributed by atoms with van der Waals surface area (Å²) in [6.45, 7) is 0. The summed E-state index contributed by atoms with van der Waals surface area (Å²) >= 11 is 2.49. The molecule has 3 rings (SSSR count). The van der Waals surface area contributed by atoms with Gasteiger partial charge in [0, 0.05) is 22.8 Å². The van der Waals surface area contributed by atoms with Crippen molar-refractivity contribution in [3.8, 4) is 0 Å². The number of thioether (sulfide) groups is 1. The summed E-state index contributed by atoms with van der Waals surface area (Å²) in [5.74, 6) is -3.02. The predicted octanol–water partition coefficient (Wildman–Crippen LogP) is 4.47. The normalized spacial score (nSPS) is 10.6.